The Morgan fingerprint density at radius 3 is 2.80 bits per heavy atom. The van der Waals surface area contributed by atoms with E-state index in [1.165, 1.54) is 12.8 Å². The maximum atomic E-state index is 5.91. The molecule has 0 aromatic carbocycles. The molecule has 0 aliphatic heterocycles. The molecule has 2 rings (SSSR count). The van der Waals surface area contributed by atoms with Gasteiger partial charge in [0.15, 0.2) is 5.82 Å². The van der Waals surface area contributed by atoms with Gasteiger partial charge in [0.2, 0.25) is 0 Å². The minimum atomic E-state index is -0.309. The molecule has 2 atom stereocenters. The van der Waals surface area contributed by atoms with Crippen molar-refractivity contribution < 1.29 is 4.74 Å². The molecule has 0 spiro atoms. The summed E-state index contributed by atoms with van der Waals surface area (Å²) in [5, 5.41) is 3.33. The first-order valence-electron chi connectivity index (χ1n) is 7.36. The Morgan fingerprint density at radius 1 is 1.45 bits per heavy atom. The van der Waals surface area contributed by atoms with Crippen LogP contribution in [0.1, 0.15) is 51.0 Å². The minimum absolute atomic E-state index is 0.309. The van der Waals surface area contributed by atoms with E-state index >= 15 is 0 Å². The molecule has 20 heavy (non-hydrogen) atoms. The number of halogens is 1. The van der Waals surface area contributed by atoms with Crippen LogP contribution in [0.5, 0.6) is 0 Å². The number of hydrogen-bond acceptors (Lipinski definition) is 4. The third kappa shape index (κ3) is 3.08. The normalized spacial score (nSPS) is 26.6. The highest BCUT2D eigenvalue weighted by Gasteiger charge is 2.40. The fraction of sp³-hybridized carbons (Fsp3) is 0.733. The number of hydrogen-bond donors (Lipinski definition) is 1. The molecule has 112 valence electrons. The highest BCUT2D eigenvalue weighted by Crippen LogP contribution is 2.41. The molecule has 5 heteroatoms. The molecule has 2 unspecified atom stereocenters. The summed E-state index contributed by atoms with van der Waals surface area (Å²) in [6.07, 6.45) is 4.48. The van der Waals surface area contributed by atoms with Crippen LogP contribution in [0.2, 0.25) is 0 Å². The van der Waals surface area contributed by atoms with E-state index < -0.39 is 0 Å². The van der Waals surface area contributed by atoms with Gasteiger partial charge in [0, 0.05) is 13.7 Å². The molecule has 1 aromatic heterocycles. The van der Waals surface area contributed by atoms with Crippen molar-refractivity contribution >= 4 is 28.4 Å². The first-order chi connectivity index (χ1) is 9.52. The summed E-state index contributed by atoms with van der Waals surface area (Å²) in [4.78, 5) is 9.50. The number of nitrogens with one attached hydrogen (secondary N) is 1. The average Bonchev–Trinajstić information content (AvgIpc) is 2.43. The van der Waals surface area contributed by atoms with Gasteiger partial charge in [-0.3, -0.25) is 0 Å². The van der Waals surface area contributed by atoms with Gasteiger partial charge in [-0.1, -0.05) is 13.3 Å². The van der Waals surface area contributed by atoms with E-state index in [1.807, 2.05) is 6.92 Å². The van der Waals surface area contributed by atoms with Crippen LogP contribution in [0.4, 0.5) is 5.82 Å². The highest BCUT2D eigenvalue weighted by atomic mass is 127. The van der Waals surface area contributed by atoms with Gasteiger partial charge in [0.05, 0.1) is 9.26 Å². The topological polar surface area (TPSA) is 47.0 Å². The predicted octanol–water partition coefficient (Wildman–Crippen LogP) is 3.87. The number of methoxy groups -OCH3 is 1. The van der Waals surface area contributed by atoms with Crippen LogP contribution in [-0.4, -0.2) is 23.6 Å². The van der Waals surface area contributed by atoms with E-state index in [4.69, 9.17) is 14.7 Å². The summed E-state index contributed by atoms with van der Waals surface area (Å²) in [5.74, 6) is 2.44. The van der Waals surface area contributed by atoms with Gasteiger partial charge in [-0.2, -0.15) is 0 Å². The smallest absolute Gasteiger partial charge is 0.162 e. The number of aryl methyl sites for hydroxylation is 1. The Hall–Kier alpha value is -0.430. The number of nitrogens with zero attached hydrogens (tertiary/aromatic N) is 2. The van der Waals surface area contributed by atoms with Crippen LogP contribution in [0.25, 0.3) is 0 Å². The molecule has 1 N–H and O–H groups in total. The second-order valence-corrected chi connectivity index (χ2v) is 6.80. The molecule has 4 nitrogen and oxygen atoms in total. The molecule has 1 aromatic rings. The molecular weight excluding hydrogens is 365 g/mol. The summed E-state index contributed by atoms with van der Waals surface area (Å²) in [6.45, 7) is 7.28. The van der Waals surface area contributed by atoms with Crippen molar-refractivity contribution in [2.45, 2.75) is 52.1 Å². The zero-order valence-electron chi connectivity index (χ0n) is 12.8. The van der Waals surface area contributed by atoms with Crippen LogP contribution in [0, 0.1) is 16.4 Å². The summed E-state index contributed by atoms with van der Waals surface area (Å²) >= 11 is 2.31. The van der Waals surface area contributed by atoms with Crippen molar-refractivity contribution in [2.75, 3.05) is 19.0 Å². The van der Waals surface area contributed by atoms with Crippen molar-refractivity contribution in [1.82, 2.24) is 9.97 Å². The predicted molar refractivity (Wildman–Crippen MR) is 90.0 cm³/mol. The van der Waals surface area contributed by atoms with E-state index in [-0.39, 0.29) is 5.60 Å². The monoisotopic (exact) mass is 389 g/mol. The van der Waals surface area contributed by atoms with Crippen molar-refractivity contribution in [3.05, 3.63) is 15.1 Å². The Morgan fingerprint density at radius 2 is 2.20 bits per heavy atom. The van der Waals surface area contributed by atoms with Gasteiger partial charge in [0.25, 0.3) is 0 Å². The Labute approximate surface area is 135 Å². The van der Waals surface area contributed by atoms with Crippen LogP contribution >= 0.6 is 22.6 Å². The van der Waals surface area contributed by atoms with Crippen molar-refractivity contribution in [1.29, 1.82) is 0 Å². The van der Waals surface area contributed by atoms with Gasteiger partial charge in [-0.15, -0.1) is 0 Å². The largest absolute Gasteiger partial charge is 0.370 e. The third-order valence-corrected chi connectivity index (χ3v) is 5.41. The SMILES string of the molecule is CCNc1nc(C2(OC)CCCC(C)C2)nc(C)c1I. The molecule has 1 aliphatic carbocycles. The molecule has 0 amide bonds. The Kier molecular flexibility index (Phi) is 5.23. The van der Waals surface area contributed by atoms with E-state index in [1.54, 1.807) is 7.11 Å². The zero-order chi connectivity index (χ0) is 14.8. The number of aromatic nitrogens is 2. The molecule has 0 saturated heterocycles. The van der Waals surface area contributed by atoms with Crippen molar-refractivity contribution in [3.63, 3.8) is 0 Å². The summed E-state index contributed by atoms with van der Waals surface area (Å²) in [7, 11) is 1.79. The lowest BCUT2D eigenvalue weighted by Gasteiger charge is -2.37. The zero-order valence-corrected chi connectivity index (χ0v) is 15.0. The van der Waals surface area contributed by atoms with Crippen LogP contribution in [0.3, 0.4) is 0 Å². The van der Waals surface area contributed by atoms with Crippen molar-refractivity contribution in [3.8, 4) is 0 Å². The van der Waals surface area contributed by atoms with E-state index in [0.717, 1.165) is 40.3 Å². The lowest BCUT2D eigenvalue weighted by atomic mass is 9.78. The molecular formula is C15H24IN3O. The van der Waals surface area contributed by atoms with Gasteiger partial charge in [0.1, 0.15) is 11.4 Å². The lowest BCUT2D eigenvalue weighted by molar-refractivity contribution is -0.0646. The first kappa shape index (κ1) is 15.9. The second kappa shape index (κ2) is 6.56. The molecule has 1 saturated carbocycles. The fourth-order valence-corrected chi connectivity index (χ4v) is 3.46. The fourth-order valence-electron chi connectivity index (χ4n) is 3.03. The Bertz CT molecular complexity index is 480. The maximum absolute atomic E-state index is 5.91. The Balaban J connectivity index is 2.44. The summed E-state index contributed by atoms with van der Waals surface area (Å²) < 4.78 is 7.01. The second-order valence-electron chi connectivity index (χ2n) is 5.73. The molecule has 0 radical (unpaired) electrons. The molecule has 1 aliphatic rings. The maximum Gasteiger partial charge on any atom is 0.162 e. The summed E-state index contributed by atoms with van der Waals surface area (Å²) in [5.41, 5.74) is 0.720. The van der Waals surface area contributed by atoms with Gasteiger partial charge in [-0.05, 0) is 61.6 Å². The summed E-state index contributed by atoms with van der Waals surface area (Å²) in [6, 6.07) is 0. The van der Waals surface area contributed by atoms with Gasteiger partial charge < -0.3 is 10.1 Å². The molecule has 1 fully saturated rings. The average molecular weight is 389 g/mol. The lowest BCUT2D eigenvalue weighted by Crippen LogP contribution is -2.36. The van der Waals surface area contributed by atoms with Gasteiger partial charge in [-0.25, -0.2) is 9.97 Å². The van der Waals surface area contributed by atoms with Crippen LogP contribution in [0.15, 0.2) is 0 Å². The highest BCUT2D eigenvalue weighted by molar-refractivity contribution is 14.1. The number of rotatable bonds is 4. The standard InChI is InChI=1S/C15H24IN3O/c1-5-17-13-12(16)11(3)18-14(19-13)15(20-4)8-6-7-10(2)9-15/h10H,5-9H2,1-4H3,(H,17,18,19). The van der Waals surface area contributed by atoms with Crippen molar-refractivity contribution in [2.24, 2.45) is 5.92 Å². The third-order valence-electron chi connectivity index (χ3n) is 4.12. The minimum Gasteiger partial charge on any atom is -0.370 e. The van der Waals surface area contributed by atoms with Crippen LogP contribution in [-0.2, 0) is 10.3 Å². The van der Waals surface area contributed by atoms with E-state index in [9.17, 15) is 0 Å². The van der Waals surface area contributed by atoms with E-state index in [0.29, 0.717) is 5.92 Å². The first-order valence-corrected chi connectivity index (χ1v) is 8.44. The van der Waals surface area contributed by atoms with Crippen LogP contribution < -0.4 is 5.32 Å². The van der Waals surface area contributed by atoms with E-state index in [2.05, 4.69) is 41.8 Å². The van der Waals surface area contributed by atoms with Gasteiger partial charge >= 0.3 is 0 Å². The number of ether oxygens (including phenoxy) is 1. The number of anilines is 1. The molecule has 0 bridgehead atoms. The quantitative estimate of drug-likeness (QED) is 0.795. The molecule has 1 heterocycles.